The number of carbonyl (C=O) groups is 2. The van der Waals surface area contributed by atoms with Crippen molar-refractivity contribution in [3.8, 4) is 11.5 Å². The topological polar surface area (TPSA) is 77.7 Å². The van der Waals surface area contributed by atoms with E-state index >= 15 is 0 Å². The third kappa shape index (κ3) is 5.10. The van der Waals surface area contributed by atoms with E-state index in [9.17, 15) is 9.59 Å². The van der Waals surface area contributed by atoms with Crippen LogP contribution in [-0.2, 0) is 4.79 Å². The highest BCUT2D eigenvalue weighted by atomic mass is 16.5. The van der Waals surface area contributed by atoms with Gasteiger partial charge in [-0.3, -0.25) is 14.5 Å². The maximum absolute atomic E-state index is 12.9. The second-order valence-electron chi connectivity index (χ2n) is 8.33. The van der Waals surface area contributed by atoms with Crippen LogP contribution in [0.3, 0.4) is 0 Å². The van der Waals surface area contributed by atoms with Crippen LogP contribution < -0.4 is 10.1 Å². The van der Waals surface area contributed by atoms with Crippen molar-refractivity contribution in [3.05, 3.63) is 90.6 Å². The zero-order valence-corrected chi connectivity index (χ0v) is 18.7. The van der Waals surface area contributed by atoms with Gasteiger partial charge in [-0.1, -0.05) is 42.5 Å². The Bertz CT molecular complexity index is 1260. The van der Waals surface area contributed by atoms with Gasteiger partial charge in [-0.25, -0.2) is 0 Å². The molecule has 4 aromatic rings. The third-order valence-corrected chi connectivity index (χ3v) is 5.88. The quantitative estimate of drug-likeness (QED) is 0.454. The van der Waals surface area contributed by atoms with Crippen molar-refractivity contribution < 1.29 is 14.3 Å². The van der Waals surface area contributed by atoms with E-state index in [0.29, 0.717) is 43.3 Å². The van der Waals surface area contributed by atoms with Crippen molar-refractivity contribution in [2.75, 3.05) is 38.0 Å². The number of anilines is 1. The average Bonchev–Trinajstić information content (AvgIpc) is 3.29. The molecule has 0 saturated carbocycles. The predicted octanol–water partition coefficient (Wildman–Crippen LogP) is 4.36. The summed E-state index contributed by atoms with van der Waals surface area (Å²) in [5.74, 6) is 1.31. The van der Waals surface area contributed by atoms with Gasteiger partial charge in [0.25, 0.3) is 5.91 Å². The fraction of sp³-hybridized carbons (Fsp3) is 0.185. The number of carbonyl (C=O) groups excluding carboxylic acids is 2. The van der Waals surface area contributed by atoms with Crippen LogP contribution in [0.4, 0.5) is 5.69 Å². The number of H-pyrrole nitrogens is 1. The van der Waals surface area contributed by atoms with E-state index in [4.69, 9.17) is 4.74 Å². The highest BCUT2D eigenvalue weighted by Crippen LogP contribution is 2.24. The summed E-state index contributed by atoms with van der Waals surface area (Å²) in [6, 6.07) is 26.6. The zero-order valence-electron chi connectivity index (χ0n) is 18.7. The number of para-hydroxylation sites is 2. The van der Waals surface area contributed by atoms with Gasteiger partial charge < -0.3 is 19.9 Å². The number of hydrogen-bond acceptors (Lipinski definition) is 4. The van der Waals surface area contributed by atoms with E-state index in [1.807, 2.05) is 89.8 Å². The van der Waals surface area contributed by atoms with E-state index in [2.05, 4.69) is 15.2 Å². The Labute approximate surface area is 197 Å². The summed E-state index contributed by atoms with van der Waals surface area (Å²) in [6.45, 7) is 2.75. The molecule has 34 heavy (non-hydrogen) atoms. The van der Waals surface area contributed by atoms with Gasteiger partial charge in [-0.05, 0) is 36.4 Å². The summed E-state index contributed by atoms with van der Waals surface area (Å²) in [5, 5.41) is 3.97. The number of hydrogen-bond donors (Lipinski definition) is 2. The molecule has 0 unspecified atom stereocenters. The number of rotatable bonds is 6. The van der Waals surface area contributed by atoms with Crippen molar-refractivity contribution in [2.45, 2.75) is 0 Å². The number of nitrogens with one attached hydrogen (secondary N) is 2. The maximum atomic E-state index is 12.9. The SMILES string of the molecule is O=C(CN1CCN(C(=O)c2cc3ccccc3[nH]2)CC1)Nc1cccc(Oc2ccccc2)c1. The monoisotopic (exact) mass is 454 g/mol. The number of aromatic nitrogens is 1. The van der Waals surface area contributed by atoms with Crippen LogP contribution in [0.25, 0.3) is 10.9 Å². The van der Waals surface area contributed by atoms with E-state index in [-0.39, 0.29) is 18.4 Å². The highest BCUT2D eigenvalue weighted by molar-refractivity contribution is 5.98. The Morgan fingerprint density at radius 1 is 0.824 bits per heavy atom. The van der Waals surface area contributed by atoms with Gasteiger partial charge in [0.05, 0.1) is 6.54 Å². The van der Waals surface area contributed by atoms with E-state index in [0.717, 1.165) is 16.7 Å². The minimum atomic E-state index is -0.0905. The van der Waals surface area contributed by atoms with Crippen molar-refractivity contribution in [3.63, 3.8) is 0 Å². The number of piperazine rings is 1. The van der Waals surface area contributed by atoms with Gasteiger partial charge in [0, 0.05) is 48.8 Å². The Morgan fingerprint density at radius 2 is 1.56 bits per heavy atom. The largest absolute Gasteiger partial charge is 0.457 e. The Balaban J connectivity index is 1.12. The fourth-order valence-electron chi connectivity index (χ4n) is 4.13. The van der Waals surface area contributed by atoms with Crippen LogP contribution in [0.2, 0.25) is 0 Å². The Kier molecular flexibility index (Phi) is 6.27. The van der Waals surface area contributed by atoms with Gasteiger partial charge in [-0.2, -0.15) is 0 Å². The molecule has 0 atom stereocenters. The second-order valence-corrected chi connectivity index (χ2v) is 8.33. The molecule has 2 amide bonds. The molecule has 0 aliphatic carbocycles. The maximum Gasteiger partial charge on any atom is 0.270 e. The first kappa shape index (κ1) is 21.7. The van der Waals surface area contributed by atoms with Crippen LogP contribution in [-0.4, -0.2) is 59.3 Å². The molecule has 172 valence electrons. The number of aromatic amines is 1. The van der Waals surface area contributed by atoms with E-state index < -0.39 is 0 Å². The lowest BCUT2D eigenvalue weighted by molar-refractivity contribution is -0.117. The molecule has 1 aliphatic rings. The Hall–Kier alpha value is -4.10. The van der Waals surface area contributed by atoms with E-state index in [1.54, 1.807) is 0 Å². The number of nitrogens with zero attached hydrogens (tertiary/aromatic N) is 2. The molecule has 2 N–H and O–H groups in total. The number of amides is 2. The van der Waals surface area contributed by atoms with Gasteiger partial charge in [0.1, 0.15) is 17.2 Å². The summed E-state index contributed by atoms with van der Waals surface area (Å²) in [4.78, 5) is 32.6. The summed E-state index contributed by atoms with van der Waals surface area (Å²) >= 11 is 0. The molecular formula is C27H26N4O3. The standard InChI is InChI=1S/C27H26N4O3/c32-26(28-21-8-6-11-23(18-21)34-22-9-2-1-3-10-22)19-30-13-15-31(16-14-30)27(33)25-17-20-7-4-5-12-24(20)29-25/h1-12,17-18,29H,13-16,19H2,(H,28,32). The molecule has 7 nitrogen and oxygen atoms in total. The summed E-state index contributed by atoms with van der Waals surface area (Å²) in [5.41, 5.74) is 2.25. The first-order valence-corrected chi connectivity index (χ1v) is 11.4. The molecule has 1 aromatic heterocycles. The summed E-state index contributed by atoms with van der Waals surface area (Å²) in [7, 11) is 0. The lowest BCUT2D eigenvalue weighted by Gasteiger charge is -2.34. The molecule has 7 heteroatoms. The number of benzene rings is 3. The van der Waals surface area contributed by atoms with Crippen molar-refractivity contribution in [1.82, 2.24) is 14.8 Å². The molecule has 0 radical (unpaired) electrons. The molecular weight excluding hydrogens is 428 g/mol. The van der Waals surface area contributed by atoms with Gasteiger partial charge >= 0.3 is 0 Å². The lowest BCUT2D eigenvalue weighted by Crippen LogP contribution is -2.50. The minimum Gasteiger partial charge on any atom is -0.457 e. The molecule has 1 fully saturated rings. The third-order valence-electron chi connectivity index (χ3n) is 5.88. The number of fused-ring (bicyclic) bond motifs is 1. The van der Waals surface area contributed by atoms with Crippen LogP contribution in [0.15, 0.2) is 84.9 Å². The smallest absolute Gasteiger partial charge is 0.270 e. The van der Waals surface area contributed by atoms with E-state index in [1.165, 1.54) is 0 Å². The van der Waals surface area contributed by atoms with Crippen LogP contribution >= 0.6 is 0 Å². The van der Waals surface area contributed by atoms with Gasteiger partial charge in [-0.15, -0.1) is 0 Å². The van der Waals surface area contributed by atoms with Crippen molar-refractivity contribution in [2.24, 2.45) is 0 Å². The van der Waals surface area contributed by atoms with Gasteiger partial charge in [0.2, 0.25) is 5.91 Å². The molecule has 1 saturated heterocycles. The zero-order chi connectivity index (χ0) is 23.3. The lowest BCUT2D eigenvalue weighted by atomic mass is 10.2. The highest BCUT2D eigenvalue weighted by Gasteiger charge is 2.24. The minimum absolute atomic E-state index is 0.00414. The molecule has 2 heterocycles. The van der Waals surface area contributed by atoms with Crippen LogP contribution in [0.1, 0.15) is 10.5 Å². The fourth-order valence-corrected chi connectivity index (χ4v) is 4.13. The van der Waals surface area contributed by atoms with Crippen LogP contribution in [0, 0.1) is 0 Å². The first-order valence-electron chi connectivity index (χ1n) is 11.4. The van der Waals surface area contributed by atoms with Gasteiger partial charge in [0.15, 0.2) is 0 Å². The molecule has 3 aromatic carbocycles. The molecule has 0 spiro atoms. The van der Waals surface area contributed by atoms with Crippen molar-refractivity contribution >= 4 is 28.4 Å². The molecule has 1 aliphatic heterocycles. The first-order chi connectivity index (χ1) is 16.6. The summed E-state index contributed by atoms with van der Waals surface area (Å²) in [6.07, 6.45) is 0. The predicted molar refractivity (Wildman–Crippen MR) is 132 cm³/mol. The molecule has 0 bridgehead atoms. The van der Waals surface area contributed by atoms with Crippen LogP contribution in [0.5, 0.6) is 11.5 Å². The average molecular weight is 455 g/mol. The molecule has 5 rings (SSSR count). The number of ether oxygens (including phenoxy) is 1. The van der Waals surface area contributed by atoms with Crippen molar-refractivity contribution in [1.29, 1.82) is 0 Å². The summed E-state index contributed by atoms with van der Waals surface area (Å²) < 4.78 is 5.84. The second kappa shape index (κ2) is 9.80. The normalized spacial score (nSPS) is 14.2. The Morgan fingerprint density at radius 3 is 2.35 bits per heavy atom.